The second-order valence-electron chi connectivity index (χ2n) is 6.53. The highest BCUT2D eigenvalue weighted by atomic mass is 79.9. The van der Waals surface area contributed by atoms with E-state index in [0.717, 1.165) is 32.2 Å². The van der Waals surface area contributed by atoms with E-state index in [4.69, 9.17) is 5.73 Å². The van der Waals surface area contributed by atoms with Crippen molar-refractivity contribution in [1.29, 1.82) is 0 Å². The summed E-state index contributed by atoms with van der Waals surface area (Å²) in [6.07, 6.45) is 1.44. The Hall–Kier alpha value is -2.78. The van der Waals surface area contributed by atoms with Gasteiger partial charge in [0.15, 0.2) is 17.3 Å². The number of fused-ring (bicyclic) bond motifs is 1. The number of H-pyrrole nitrogens is 1. The number of carbonyl (C=O) groups excluding carboxylic acids is 1. The summed E-state index contributed by atoms with van der Waals surface area (Å²) in [5, 5.41) is 7.47. The third-order valence-corrected chi connectivity index (χ3v) is 5.82. The zero-order valence-corrected chi connectivity index (χ0v) is 18.0. The molecule has 0 saturated heterocycles. The molecule has 0 bridgehead atoms. The number of aromatic nitrogens is 1. The van der Waals surface area contributed by atoms with Crippen LogP contribution in [0.5, 0.6) is 0 Å². The molecule has 1 atom stereocenters. The maximum atomic E-state index is 12.4. The van der Waals surface area contributed by atoms with E-state index in [2.05, 4.69) is 41.5 Å². The predicted molar refractivity (Wildman–Crippen MR) is 123 cm³/mol. The Morgan fingerprint density at radius 1 is 1.28 bits per heavy atom. The van der Waals surface area contributed by atoms with Gasteiger partial charge >= 0.3 is 0 Å². The van der Waals surface area contributed by atoms with Crippen molar-refractivity contribution in [3.8, 4) is 0 Å². The van der Waals surface area contributed by atoms with Crippen molar-refractivity contribution >= 4 is 61.3 Å². The summed E-state index contributed by atoms with van der Waals surface area (Å²) in [6.45, 7) is 1.95. The Bertz CT molecular complexity index is 1140. The van der Waals surface area contributed by atoms with Crippen LogP contribution in [0.3, 0.4) is 0 Å². The largest absolute Gasteiger partial charge is 0.370 e. The lowest BCUT2D eigenvalue weighted by Crippen LogP contribution is -2.39. The van der Waals surface area contributed by atoms with E-state index in [-0.39, 0.29) is 17.6 Å². The zero-order valence-electron chi connectivity index (χ0n) is 15.6. The number of hydrogen-bond donors (Lipinski definition) is 4. The third kappa shape index (κ3) is 4.46. The standard InChI is InChI=1S/C20H19BrN6OS/c1-11-8-12(21)6-7-15(11)24-17(28)10-29-20-26-18(25-19(22)27-20)14-9-23-16-5-3-2-4-13(14)16/h2-9,18,23H,10H2,1H3,(H,24,28)(H3,22,25,26,27)/t18-/m1/s1. The molecule has 0 radical (unpaired) electrons. The number of thioether (sulfide) groups is 1. The fourth-order valence-electron chi connectivity index (χ4n) is 3.05. The van der Waals surface area contributed by atoms with E-state index in [1.54, 1.807) is 0 Å². The molecule has 0 saturated carbocycles. The number of aliphatic imine (C=N–C) groups is 2. The molecule has 1 aromatic heterocycles. The number of guanidine groups is 1. The number of aryl methyl sites for hydroxylation is 1. The molecular formula is C20H19BrN6OS. The van der Waals surface area contributed by atoms with Gasteiger partial charge in [-0.25, -0.2) is 9.98 Å². The van der Waals surface area contributed by atoms with Crippen LogP contribution in [0.2, 0.25) is 0 Å². The van der Waals surface area contributed by atoms with Gasteiger partial charge in [-0.3, -0.25) is 4.79 Å². The number of nitrogens with two attached hydrogens (primary N) is 1. The Morgan fingerprint density at radius 3 is 2.93 bits per heavy atom. The summed E-state index contributed by atoms with van der Waals surface area (Å²) >= 11 is 4.71. The van der Waals surface area contributed by atoms with Crippen LogP contribution < -0.4 is 16.4 Å². The van der Waals surface area contributed by atoms with E-state index in [0.29, 0.717) is 5.17 Å². The number of amides is 1. The molecule has 29 heavy (non-hydrogen) atoms. The van der Waals surface area contributed by atoms with Crippen molar-refractivity contribution in [3.05, 3.63) is 64.3 Å². The molecule has 2 aromatic carbocycles. The van der Waals surface area contributed by atoms with Gasteiger partial charge in [0, 0.05) is 32.8 Å². The number of rotatable bonds is 4. The summed E-state index contributed by atoms with van der Waals surface area (Å²) in [4.78, 5) is 24.6. The SMILES string of the molecule is Cc1cc(Br)ccc1NC(=O)CSC1=N[C@H](c2c[nH]c3ccccc23)N=C(N)N1. The highest BCUT2D eigenvalue weighted by Gasteiger charge is 2.20. The maximum absolute atomic E-state index is 12.4. The van der Waals surface area contributed by atoms with Crippen molar-refractivity contribution in [1.82, 2.24) is 10.3 Å². The Kier molecular flexibility index (Phi) is 5.59. The molecule has 9 heteroatoms. The molecule has 0 fully saturated rings. The first-order valence-corrected chi connectivity index (χ1v) is 10.7. The fourth-order valence-corrected chi connectivity index (χ4v) is 4.22. The number of para-hydroxylation sites is 1. The first kappa shape index (κ1) is 19.5. The molecule has 1 amide bonds. The lowest BCUT2D eigenvalue weighted by molar-refractivity contribution is -0.113. The monoisotopic (exact) mass is 470 g/mol. The minimum Gasteiger partial charge on any atom is -0.370 e. The topological polar surface area (TPSA) is 108 Å². The van der Waals surface area contributed by atoms with Gasteiger partial charge in [0.1, 0.15) is 0 Å². The van der Waals surface area contributed by atoms with E-state index in [1.807, 2.05) is 55.6 Å². The van der Waals surface area contributed by atoms with Gasteiger partial charge in [0.2, 0.25) is 5.91 Å². The van der Waals surface area contributed by atoms with Crippen molar-refractivity contribution in [2.75, 3.05) is 11.1 Å². The van der Waals surface area contributed by atoms with Gasteiger partial charge in [-0.15, -0.1) is 0 Å². The summed E-state index contributed by atoms with van der Waals surface area (Å²) in [5.74, 6) is 0.367. The van der Waals surface area contributed by atoms with Crippen LogP contribution in [0.15, 0.2) is 63.1 Å². The summed E-state index contributed by atoms with van der Waals surface area (Å²) in [5.41, 5.74) is 9.69. The van der Waals surface area contributed by atoms with Crippen LogP contribution in [-0.2, 0) is 4.79 Å². The predicted octanol–water partition coefficient (Wildman–Crippen LogP) is 3.88. The minimum absolute atomic E-state index is 0.116. The van der Waals surface area contributed by atoms with Gasteiger partial charge in [0.05, 0.1) is 5.75 Å². The molecule has 0 unspecified atom stereocenters. The summed E-state index contributed by atoms with van der Waals surface area (Å²) in [7, 11) is 0. The average Bonchev–Trinajstić information content (AvgIpc) is 3.12. The molecule has 2 heterocycles. The highest BCUT2D eigenvalue weighted by molar-refractivity contribution is 9.10. The number of hydrogen-bond acceptors (Lipinski definition) is 6. The number of nitrogens with one attached hydrogen (secondary N) is 3. The van der Waals surface area contributed by atoms with E-state index >= 15 is 0 Å². The molecule has 4 rings (SSSR count). The lowest BCUT2D eigenvalue weighted by atomic mass is 10.1. The second kappa shape index (κ2) is 8.30. The summed E-state index contributed by atoms with van der Waals surface area (Å²) in [6, 6.07) is 13.7. The van der Waals surface area contributed by atoms with Crippen molar-refractivity contribution in [2.45, 2.75) is 13.1 Å². The Morgan fingerprint density at radius 2 is 2.10 bits per heavy atom. The molecule has 0 spiro atoms. The van der Waals surface area contributed by atoms with Gasteiger partial charge in [-0.1, -0.05) is 45.9 Å². The first-order chi connectivity index (χ1) is 14.0. The molecule has 5 N–H and O–H groups in total. The Balaban J connectivity index is 1.45. The molecule has 7 nitrogen and oxygen atoms in total. The molecule has 148 valence electrons. The second-order valence-corrected chi connectivity index (χ2v) is 8.41. The van der Waals surface area contributed by atoms with Crippen LogP contribution in [0.25, 0.3) is 10.9 Å². The van der Waals surface area contributed by atoms with Crippen molar-refractivity contribution in [2.24, 2.45) is 15.7 Å². The number of amidine groups is 1. The number of benzene rings is 2. The van der Waals surface area contributed by atoms with Crippen LogP contribution in [0, 0.1) is 6.92 Å². The molecular weight excluding hydrogens is 452 g/mol. The third-order valence-electron chi connectivity index (χ3n) is 4.44. The van der Waals surface area contributed by atoms with Crippen LogP contribution in [0.4, 0.5) is 5.69 Å². The van der Waals surface area contributed by atoms with E-state index in [9.17, 15) is 4.79 Å². The number of halogens is 1. The lowest BCUT2D eigenvalue weighted by Gasteiger charge is -2.18. The number of nitrogens with zero attached hydrogens (tertiary/aromatic N) is 2. The smallest absolute Gasteiger partial charge is 0.234 e. The zero-order chi connectivity index (χ0) is 20.4. The van der Waals surface area contributed by atoms with E-state index in [1.165, 1.54) is 11.8 Å². The van der Waals surface area contributed by atoms with Crippen molar-refractivity contribution < 1.29 is 4.79 Å². The number of carbonyl (C=O) groups is 1. The molecule has 0 aliphatic carbocycles. The Labute approximate surface area is 180 Å². The van der Waals surface area contributed by atoms with Gasteiger partial charge in [0.25, 0.3) is 0 Å². The van der Waals surface area contributed by atoms with Gasteiger partial charge in [-0.05, 0) is 36.8 Å². The quantitative estimate of drug-likeness (QED) is 0.463. The fraction of sp³-hybridized carbons (Fsp3) is 0.150. The van der Waals surface area contributed by atoms with Crippen LogP contribution >= 0.6 is 27.7 Å². The first-order valence-electron chi connectivity index (χ1n) is 8.92. The van der Waals surface area contributed by atoms with Crippen LogP contribution in [-0.4, -0.2) is 27.8 Å². The van der Waals surface area contributed by atoms with Crippen molar-refractivity contribution in [3.63, 3.8) is 0 Å². The minimum atomic E-state index is -0.452. The molecule has 1 aliphatic heterocycles. The molecule has 3 aromatic rings. The average molecular weight is 471 g/mol. The maximum Gasteiger partial charge on any atom is 0.234 e. The number of anilines is 1. The summed E-state index contributed by atoms with van der Waals surface area (Å²) < 4.78 is 0.973. The number of aromatic amines is 1. The van der Waals surface area contributed by atoms with Gasteiger partial charge < -0.3 is 21.4 Å². The molecule has 1 aliphatic rings. The van der Waals surface area contributed by atoms with E-state index < -0.39 is 6.17 Å². The normalized spacial score (nSPS) is 16.1. The highest BCUT2D eigenvalue weighted by Crippen LogP contribution is 2.29. The van der Waals surface area contributed by atoms with Gasteiger partial charge in [-0.2, -0.15) is 0 Å². The van der Waals surface area contributed by atoms with Crippen LogP contribution in [0.1, 0.15) is 17.3 Å².